The van der Waals surface area contributed by atoms with E-state index in [4.69, 9.17) is 21.1 Å². The molecule has 30 heavy (non-hydrogen) atoms. The maximum atomic E-state index is 12.5. The van der Waals surface area contributed by atoms with E-state index in [0.717, 1.165) is 4.90 Å². The average Bonchev–Trinajstić information content (AvgIpc) is 3.34. The van der Waals surface area contributed by atoms with E-state index in [1.807, 2.05) is 0 Å². The Hall–Kier alpha value is -3.07. The number of amides is 4. The van der Waals surface area contributed by atoms with Crippen LogP contribution >= 0.6 is 11.6 Å². The largest absolute Gasteiger partial charge is 0.454 e. The SMILES string of the molecule is O=C(/C=C/c1cc(Cl)c2c(c1)OCO2)N1CCN(C(=O)CN2C(=O)CCC2=O)CC1. The minimum atomic E-state index is -0.309. The summed E-state index contributed by atoms with van der Waals surface area (Å²) in [6, 6.07) is 3.44. The molecule has 3 aliphatic heterocycles. The highest BCUT2D eigenvalue weighted by Crippen LogP contribution is 2.40. The van der Waals surface area contributed by atoms with Crippen molar-refractivity contribution in [3.8, 4) is 11.5 Å². The summed E-state index contributed by atoms with van der Waals surface area (Å²) < 4.78 is 10.6. The van der Waals surface area contributed by atoms with E-state index < -0.39 is 0 Å². The van der Waals surface area contributed by atoms with Crippen molar-refractivity contribution in [2.75, 3.05) is 39.5 Å². The van der Waals surface area contributed by atoms with Crippen LogP contribution in [-0.2, 0) is 19.2 Å². The molecule has 1 aromatic rings. The smallest absolute Gasteiger partial charge is 0.246 e. The third-order valence-corrected chi connectivity index (χ3v) is 5.54. The number of hydrogen-bond donors (Lipinski definition) is 0. The van der Waals surface area contributed by atoms with Crippen LogP contribution in [0.2, 0.25) is 5.02 Å². The minimum absolute atomic E-state index is 0.115. The molecule has 0 radical (unpaired) electrons. The number of imide groups is 1. The lowest BCUT2D eigenvalue weighted by atomic mass is 10.2. The molecule has 0 aliphatic carbocycles. The molecule has 9 nitrogen and oxygen atoms in total. The summed E-state index contributed by atoms with van der Waals surface area (Å²) >= 11 is 6.15. The molecule has 4 rings (SSSR count). The van der Waals surface area contributed by atoms with Crippen LogP contribution < -0.4 is 9.47 Å². The number of hydrogen-bond acceptors (Lipinski definition) is 6. The second kappa shape index (κ2) is 8.35. The monoisotopic (exact) mass is 433 g/mol. The lowest BCUT2D eigenvalue weighted by Crippen LogP contribution is -2.52. The molecule has 158 valence electrons. The summed E-state index contributed by atoms with van der Waals surface area (Å²) in [4.78, 5) is 52.4. The zero-order valence-corrected chi connectivity index (χ0v) is 16.9. The van der Waals surface area contributed by atoms with Crippen LogP contribution in [0.1, 0.15) is 18.4 Å². The zero-order valence-electron chi connectivity index (χ0n) is 16.1. The lowest BCUT2D eigenvalue weighted by Gasteiger charge is -2.34. The summed E-state index contributed by atoms with van der Waals surface area (Å²) in [5.74, 6) is -0.0428. The standard InChI is InChI=1S/C20H20ClN3O6/c21-14-9-13(10-15-20(14)30-12-29-15)1-2-16(25)22-5-7-23(8-6-22)19(28)11-24-17(26)3-4-18(24)27/h1-2,9-10H,3-8,11-12H2/b2-1+. The number of nitrogens with zero attached hydrogens (tertiary/aromatic N) is 3. The van der Waals surface area contributed by atoms with Crippen LogP contribution in [0.15, 0.2) is 18.2 Å². The molecule has 4 amide bonds. The molecule has 3 aliphatic rings. The number of likely N-dealkylation sites (tertiary alicyclic amines) is 1. The highest BCUT2D eigenvalue weighted by Gasteiger charge is 2.32. The number of benzene rings is 1. The van der Waals surface area contributed by atoms with Gasteiger partial charge >= 0.3 is 0 Å². The van der Waals surface area contributed by atoms with E-state index in [1.54, 1.807) is 28.0 Å². The van der Waals surface area contributed by atoms with Crippen molar-refractivity contribution in [2.24, 2.45) is 0 Å². The van der Waals surface area contributed by atoms with Gasteiger partial charge in [0.05, 0.1) is 5.02 Å². The number of piperazine rings is 1. The maximum absolute atomic E-state index is 12.5. The summed E-state index contributed by atoms with van der Waals surface area (Å²) in [5, 5.41) is 0.416. The molecule has 0 spiro atoms. The van der Waals surface area contributed by atoms with Crippen LogP contribution in [0.5, 0.6) is 11.5 Å². The Morgan fingerprint density at radius 3 is 2.37 bits per heavy atom. The summed E-state index contributed by atoms with van der Waals surface area (Å²) in [7, 11) is 0. The first-order chi connectivity index (χ1) is 14.4. The quantitative estimate of drug-likeness (QED) is 0.517. The Bertz CT molecular complexity index is 923. The van der Waals surface area contributed by atoms with Gasteiger partial charge in [-0.25, -0.2) is 0 Å². The fraction of sp³-hybridized carbons (Fsp3) is 0.400. The summed E-state index contributed by atoms with van der Waals surface area (Å²) in [5.41, 5.74) is 0.714. The van der Waals surface area contributed by atoms with Gasteiger partial charge in [0, 0.05) is 45.1 Å². The number of carbonyl (C=O) groups is 4. The van der Waals surface area contributed by atoms with Crippen LogP contribution in [0, 0.1) is 0 Å². The van der Waals surface area contributed by atoms with Crippen LogP contribution in [0.4, 0.5) is 0 Å². The Balaban J connectivity index is 1.30. The Kier molecular flexibility index (Phi) is 5.63. The molecule has 2 fully saturated rings. The van der Waals surface area contributed by atoms with Gasteiger partial charge in [-0.1, -0.05) is 11.6 Å². The van der Waals surface area contributed by atoms with Gasteiger partial charge < -0.3 is 19.3 Å². The molecular formula is C20H20ClN3O6. The van der Waals surface area contributed by atoms with Gasteiger partial charge in [0.15, 0.2) is 11.5 Å². The molecule has 0 N–H and O–H groups in total. The highest BCUT2D eigenvalue weighted by atomic mass is 35.5. The molecule has 1 aromatic carbocycles. The number of halogens is 1. The fourth-order valence-electron chi connectivity index (χ4n) is 3.57. The Morgan fingerprint density at radius 1 is 1.00 bits per heavy atom. The predicted octanol–water partition coefficient (Wildman–Crippen LogP) is 0.902. The number of ether oxygens (including phenoxy) is 2. The van der Waals surface area contributed by atoms with Gasteiger partial charge in [-0.15, -0.1) is 0 Å². The van der Waals surface area contributed by atoms with E-state index in [0.29, 0.717) is 48.3 Å². The number of fused-ring (bicyclic) bond motifs is 1. The van der Waals surface area contributed by atoms with E-state index in [-0.39, 0.29) is 49.8 Å². The molecule has 2 saturated heterocycles. The van der Waals surface area contributed by atoms with Gasteiger partial charge in [-0.3, -0.25) is 24.1 Å². The second-order valence-electron chi connectivity index (χ2n) is 7.15. The van der Waals surface area contributed by atoms with Crippen molar-refractivity contribution in [1.82, 2.24) is 14.7 Å². The van der Waals surface area contributed by atoms with Gasteiger partial charge in [0.1, 0.15) is 6.54 Å². The van der Waals surface area contributed by atoms with Crippen LogP contribution in [-0.4, -0.2) is 77.8 Å². The number of carbonyl (C=O) groups excluding carboxylic acids is 4. The molecular weight excluding hydrogens is 414 g/mol. The van der Waals surface area contributed by atoms with Crippen molar-refractivity contribution in [3.63, 3.8) is 0 Å². The highest BCUT2D eigenvalue weighted by molar-refractivity contribution is 6.32. The Labute approximate surface area is 177 Å². The first kappa shape index (κ1) is 20.2. The molecule has 0 atom stereocenters. The van der Waals surface area contributed by atoms with E-state index in [2.05, 4.69) is 0 Å². The third kappa shape index (κ3) is 4.11. The maximum Gasteiger partial charge on any atom is 0.246 e. The van der Waals surface area contributed by atoms with Crippen molar-refractivity contribution in [2.45, 2.75) is 12.8 Å². The number of rotatable bonds is 4. The normalized spacial score (nSPS) is 18.6. The minimum Gasteiger partial charge on any atom is -0.454 e. The molecule has 0 bridgehead atoms. The van der Waals surface area contributed by atoms with E-state index >= 15 is 0 Å². The first-order valence-corrected chi connectivity index (χ1v) is 9.97. The fourth-order valence-corrected chi connectivity index (χ4v) is 3.84. The summed E-state index contributed by atoms with van der Waals surface area (Å²) in [6.45, 7) is 1.34. The third-order valence-electron chi connectivity index (χ3n) is 5.26. The molecule has 0 aromatic heterocycles. The second-order valence-corrected chi connectivity index (χ2v) is 7.56. The Morgan fingerprint density at radius 2 is 1.67 bits per heavy atom. The zero-order chi connectivity index (χ0) is 21.3. The van der Waals surface area contributed by atoms with Gasteiger partial charge in [0.2, 0.25) is 30.4 Å². The van der Waals surface area contributed by atoms with Crippen molar-refractivity contribution in [3.05, 3.63) is 28.8 Å². The van der Waals surface area contributed by atoms with Gasteiger partial charge in [-0.2, -0.15) is 0 Å². The first-order valence-electron chi connectivity index (χ1n) is 9.59. The predicted molar refractivity (Wildman–Crippen MR) is 106 cm³/mol. The van der Waals surface area contributed by atoms with E-state index in [9.17, 15) is 19.2 Å². The molecule has 3 heterocycles. The van der Waals surface area contributed by atoms with Crippen LogP contribution in [0.3, 0.4) is 0 Å². The van der Waals surface area contributed by atoms with Crippen LogP contribution in [0.25, 0.3) is 6.08 Å². The topological polar surface area (TPSA) is 96.5 Å². The molecule has 0 saturated carbocycles. The lowest BCUT2D eigenvalue weighted by molar-refractivity contribution is -0.146. The van der Waals surface area contributed by atoms with Crippen molar-refractivity contribution < 1.29 is 28.7 Å². The van der Waals surface area contributed by atoms with Gasteiger partial charge in [-0.05, 0) is 23.8 Å². The molecule has 10 heteroatoms. The van der Waals surface area contributed by atoms with Crippen molar-refractivity contribution in [1.29, 1.82) is 0 Å². The average molecular weight is 434 g/mol. The van der Waals surface area contributed by atoms with E-state index in [1.165, 1.54) is 6.08 Å². The summed E-state index contributed by atoms with van der Waals surface area (Å²) in [6.07, 6.45) is 3.43. The molecule has 0 unspecified atom stereocenters. The van der Waals surface area contributed by atoms with Gasteiger partial charge in [0.25, 0.3) is 0 Å². The van der Waals surface area contributed by atoms with Crippen molar-refractivity contribution >= 4 is 41.3 Å².